The zero-order valence-electron chi connectivity index (χ0n) is 10.5. The molecule has 0 spiro atoms. The Bertz CT molecular complexity index is 399. The summed E-state index contributed by atoms with van der Waals surface area (Å²) < 4.78 is 0. The second-order valence-electron chi connectivity index (χ2n) is 5.14. The molecule has 0 N–H and O–H groups in total. The van der Waals surface area contributed by atoms with Crippen molar-refractivity contribution >= 4 is 0 Å². The second-order valence-corrected chi connectivity index (χ2v) is 5.14. The van der Waals surface area contributed by atoms with Crippen LogP contribution in [0.4, 0.5) is 0 Å². The molecule has 16 heavy (non-hydrogen) atoms. The SMILES string of the molecule is C=C(C)CC(C)(C)CC#Cc1ccccc1. The zero-order valence-corrected chi connectivity index (χ0v) is 10.5. The van der Waals surface area contributed by atoms with Gasteiger partial charge < -0.3 is 0 Å². The van der Waals surface area contributed by atoms with Gasteiger partial charge in [-0.15, -0.1) is 6.58 Å². The first-order valence-corrected chi connectivity index (χ1v) is 5.68. The molecule has 0 saturated heterocycles. The van der Waals surface area contributed by atoms with E-state index in [2.05, 4.69) is 39.2 Å². The predicted octanol–water partition coefficient (Wildman–Crippen LogP) is 4.42. The Labute approximate surface area is 99.4 Å². The maximum Gasteiger partial charge on any atom is 0.0245 e. The van der Waals surface area contributed by atoms with E-state index in [4.69, 9.17) is 0 Å². The van der Waals surface area contributed by atoms with Crippen molar-refractivity contribution in [1.82, 2.24) is 0 Å². The van der Waals surface area contributed by atoms with Gasteiger partial charge in [-0.1, -0.05) is 49.5 Å². The smallest absolute Gasteiger partial charge is 0.0245 e. The van der Waals surface area contributed by atoms with Gasteiger partial charge in [-0.25, -0.2) is 0 Å². The summed E-state index contributed by atoms with van der Waals surface area (Å²) in [5, 5.41) is 0. The van der Waals surface area contributed by atoms with Crippen molar-refractivity contribution < 1.29 is 0 Å². The Hall–Kier alpha value is -1.48. The highest BCUT2D eigenvalue weighted by molar-refractivity contribution is 5.33. The van der Waals surface area contributed by atoms with E-state index in [1.807, 2.05) is 30.3 Å². The summed E-state index contributed by atoms with van der Waals surface area (Å²) in [6.07, 6.45) is 1.95. The predicted molar refractivity (Wildman–Crippen MR) is 71.1 cm³/mol. The molecule has 0 unspecified atom stereocenters. The Balaban J connectivity index is 2.58. The van der Waals surface area contributed by atoms with Gasteiger partial charge in [0.1, 0.15) is 0 Å². The molecule has 1 rings (SSSR count). The molecule has 0 heteroatoms. The Morgan fingerprint density at radius 1 is 1.25 bits per heavy atom. The molecule has 0 aromatic heterocycles. The highest BCUT2D eigenvalue weighted by Gasteiger charge is 2.15. The lowest BCUT2D eigenvalue weighted by atomic mass is 9.83. The molecule has 0 radical (unpaired) electrons. The van der Waals surface area contributed by atoms with E-state index >= 15 is 0 Å². The molecular weight excluding hydrogens is 192 g/mol. The molecule has 0 aliphatic carbocycles. The number of benzene rings is 1. The summed E-state index contributed by atoms with van der Waals surface area (Å²) in [5.74, 6) is 6.45. The number of hydrogen-bond acceptors (Lipinski definition) is 0. The summed E-state index contributed by atoms with van der Waals surface area (Å²) >= 11 is 0. The van der Waals surface area contributed by atoms with Crippen LogP contribution in [0.25, 0.3) is 0 Å². The molecule has 0 saturated carbocycles. The highest BCUT2D eigenvalue weighted by Crippen LogP contribution is 2.27. The third-order valence-electron chi connectivity index (χ3n) is 2.35. The Kier molecular flexibility index (Phi) is 4.38. The minimum absolute atomic E-state index is 0.230. The van der Waals surface area contributed by atoms with Gasteiger partial charge in [-0.2, -0.15) is 0 Å². The lowest BCUT2D eigenvalue weighted by Crippen LogP contribution is -2.10. The van der Waals surface area contributed by atoms with Crippen molar-refractivity contribution in [2.75, 3.05) is 0 Å². The minimum Gasteiger partial charge on any atom is -0.100 e. The molecular formula is C16H20. The molecule has 0 heterocycles. The van der Waals surface area contributed by atoms with E-state index in [-0.39, 0.29) is 5.41 Å². The van der Waals surface area contributed by atoms with Crippen molar-refractivity contribution in [3.63, 3.8) is 0 Å². The number of allylic oxidation sites excluding steroid dienone is 1. The fourth-order valence-corrected chi connectivity index (χ4v) is 1.79. The van der Waals surface area contributed by atoms with E-state index in [0.29, 0.717) is 0 Å². The van der Waals surface area contributed by atoms with Crippen molar-refractivity contribution in [3.8, 4) is 11.8 Å². The molecule has 0 nitrogen and oxygen atoms in total. The van der Waals surface area contributed by atoms with Gasteiger partial charge in [-0.3, -0.25) is 0 Å². The van der Waals surface area contributed by atoms with Crippen molar-refractivity contribution in [2.45, 2.75) is 33.6 Å². The fraction of sp³-hybridized carbons (Fsp3) is 0.375. The quantitative estimate of drug-likeness (QED) is 0.514. The van der Waals surface area contributed by atoms with E-state index in [1.165, 1.54) is 5.57 Å². The van der Waals surface area contributed by atoms with Crippen LogP contribution in [-0.4, -0.2) is 0 Å². The average molecular weight is 212 g/mol. The van der Waals surface area contributed by atoms with Crippen LogP contribution in [0.2, 0.25) is 0 Å². The maximum atomic E-state index is 3.96. The molecule has 0 aliphatic heterocycles. The molecule has 1 aromatic carbocycles. The van der Waals surface area contributed by atoms with Crippen LogP contribution in [0.3, 0.4) is 0 Å². The first kappa shape index (κ1) is 12.6. The number of rotatable bonds is 3. The fourth-order valence-electron chi connectivity index (χ4n) is 1.79. The van der Waals surface area contributed by atoms with E-state index in [0.717, 1.165) is 18.4 Å². The summed E-state index contributed by atoms with van der Waals surface area (Å²) in [7, 11) is 0. The molecule has 84 valence electrons. The number of hydrogen-bond donors (Lipinski definition) is 0. The van der Waals surface area contributed by atoms with Crippen LogP contribution in [0.5, 0.6) is 0 Å². The van der Waals surface area contributed by atoms with Gasteiger partial charge in [0.05, 0.1) is 0 Å². The average Bonchev–Trinajstić information content (AvgIpc) is 2.16. The maximum absolute atomic E-state index is 3.96. The van der Waals surface area contributed by atoms with E-state index in [9.17, 15) is 0 Å². The van der Waals surface area contributed by atoms with Gasteiger partial charge >= 0.3 is 0 Å². The summed E-state index contributed by atoms with van der Waals surface area (Å²) in [6, 6.07) is 10.1. The Morgan fingerprint density at radius 3 is 2.44 bits per heavy atom. The van der Waals surface area contributed by atoms with Gasteiger partial charge in [0, 0.05) is 12.0 Å². The molecule has 0 atom stereocenters. The van der Waals surface area contributed by atoms with Crippen molar-refractivity contribution in [3.05, 3.63) is 48.0 Å². The monoisotopic (exact) mass is 212 g/mol. The van der Waals surface area contributed by atoms with Crippen LogP contribution in [0.15, 0.2) is 42.5 Å². The minimum atomic E-state index is 0.230. The lowest BCUT2D eigenvalue weighted by Gasteiger charge is -2.21. The zero-order chi connectivity index (χ0) is 12.0. The summed E-state index contributed by atoms with van der Waals surface area (Å²) in [4.78, 5) is 0. The van der Waals surface area contributed by atoms with E-state index < -0.39 is 0 Å². The van der Waals surface area contributed by atoms with Crippen molar-refractivity contribution in [1.29, 1.82) is 0 Å². The third kappa shape index (κ3) is 4.84. The van der Waals surface area contributed by atoms with Crippen molar-refractivity contribution in [2.24, 2.45) is 5.41 Å². The molecule has 1 aromatic rings. The van der Waals surface area contributed by atoms with Crippen LogP contribution < -0.4 is 0 Å². The van der Waals surface area contributed by atoms with Crippen LogP contribution in [0.1, 0.15) is 39.2 Å². The second kappa shape index (κ2) is 5.56. The standard InChI is InChI=1S/C16H20/c1-14(2)13-16(3,4)12-8-11-15-9-6-5-7-10-15/h5-7,9-10H,1,12-13H2,2-4H3. The topological polar surface area (TPSA) is 0 Å². The molecule has 0 amide bonds. The van der Waals surface area contributed by atoms with Crippen LogP contribution in [0, 0.1) is 17.3 Å². The molecule has 0 bridgehead atoms. The first-order chi connectivity index (χ1) is 7.49. The third-order valence-corrected chi connectivity index (χ3v) is 2.35. The first-order valence-electron chi connectivity index (χ1n) is 5.68. The summed E-state index contributed by atoms with van der Waals surface area (Å²) in [5.41, 5.74) is 2.55. The van der Waals surface area contributed by atoms with Gasteiger partial charge in [0.15, 0.2) is 0 Å². The molecule has 0 fully saturated rings. The molecule has 0 aliphatic rings. The normalized spacial score (nSPS) is 10.4. The largest absolute Gasteiger partial charge is 0.100 e. The highest BCUT2D eigenvalue weighted by atomic mass is 14.2. The lowest BCUT2D eigenvalue weighted by molar-refractivity contribution is 0.374. The van der Waals surface area contributed by atoms with Crippen LogP contribution >= 0.6 is 0 Å². The van der Waals surface area contributed by atoms with Gasteiger partial charge in [-0.05, 0) is 30.9 Å². The van der Waals surface area contributed by atoms with Gasteiger partial charge in [0.2, 0.25) is 0 Å². The van der Waals surface area contributed by atoms with Gasteiger partial charge in [0.25, 0.3) is 0 Å². The van der Waals surface area contributed by atoms with Crippen LogP contribution in [-0.2, 0) is 0 Å². The Morgan fingerprint density at radius 2 is 1.88 bits per heavy atom. The summed E-state index contributed by atoms with van der Waals surface area (Å²) in [6.45, 7) is 10.5. The van der Waals surface area contributed by atoms with E-state index in [1.54, 1.807) is 0 Å².